The first-order chi connectivity index (χ1) is 7.58. The summed E-state index contributed by atoms with van der Waals surface area (Å²) >= 11 is 0. The highest BCUT2D eigenvalue weighted by Gasteiger charge is 2.27. The van der Waals surface area contributed by atoms with Crippen molar-refractivity contribution in [2.75, 3.05) is 13.1 Å². The SMILES string of the molecule is N[C@H]1CCN(C(=O)c2ccc([N+](=O)[O-])[nH]2)C1. The van der Waals surface area contributed by atoms with Crippen LogP contribution in [0.4, 0.5) is 5.82 Å². The number of rotatable bonds is 2. The van der Waals surface area contributed by atoms with E-state index in [2.05, 4.69) is 4.98 Å². The molecule has 1 aromatic heterocycles. The molecule has 1 fully saturated rings. The van der Waals surface area contributed by atoms with Gasteiger partial charge in [0.25, 0.3) is 5.91 Å². The molecule has 0 spiro atoms. The van der Waals surface area contributed by atoms with Crippen molar-refractivity contribution in [2.24, 2.45) is 5.73 Å². The second-order valence-electron chi connectivity index (χ2n) is 3.81. The molecule has 2 heterocycles. The molecule has 1 saturated heterocycles. The Morgan fingerprint density at radius 3 is 2.88 bits per heavy atom. The summed E-state index contributed by atoms with van der Waals surface area (Å²) in [6.07, 6.45) is 0.772. The van der Waals surface area contributed by atoms with Gasteiger partial charge in [-0.1, -0.05) is 0 Å². The summed E-state index contributed by atoms with van der Waals surface area (Å²) in [7, 11) is 0. The van der Waals surface area contributed by atoms with E-state index in [-0.39, 0.29) is 23.5 Å². The van der Waals surface area contributed by atoms with Crippen molar-refractivity contribution in [3.63, 3.8) is 0 Å². The average molecular weight is 224 g/mol. The van der Waals surface area contributed by atoms with E-state index in [4.69, 9.17) is 5.73 Å². The number of aromatic nitrogens is 1. The summed E-state index contributed by atoms with van der Waals surface area (Å²) in [5.41, 5.74) is 5.92. The molecule has 0 aliphatic carbocycles. The summed E-state index contributed by atoms with van der Waals surface area (Å²) in [5, 5.41) is 10.4. The summed E-state index contributed by atoms with van der Waals surface area (Å²) < 4.78 is 0. The highest BCUT2D eigenvalue weighted by molar-refractivity contribution is 5.93. The van der Waals surface area contributed by atoms with Crippen molar-refractivity contribution in [1.82, 2.24) is 9.88 Å². The number of aromatic amines is 1. The predicted octanol–water partition coefficient (Wildman–Crippen LogP) is 0.0961. The Balaban J connectivity index is 2.11. The Labute approximate surface area is 91.4 Å². The van der Waals surface area contributed by atoms with Crippen molar-refractivity contribution in [3.8, 4) is 0 Å². The fourth-order valence-corrected chi connectivity index (χ4v) is 1.76. The molecule has 1 aromatic rings. The van der Waals surface area contributed by atoms with Crippen LogP contribution in [-0.4, -0.2) is 39.8 Å². The third kappa shape index (κ3) is 1.89. The van der Waals surface area contributed by atoms with Gasteiger partial charge in [0.15, 0.2) is 5.69 Å². The third-order valence-corrected chi connectivity index (χ3v) is 2.61. The number of H-pyrrole nitrogens is 1. The highest BCUT2D eigenvalue weighted by atomic mass is 16.6. The molecule has 1 aliphatic rings. The summed E-state index contributed by atoms with van der Waals surface area (Å²) in [6.45, 7) is 1.11. The van der Waals surface area contributed by atoms with Crippen LogP contribution in [-0.2, 0) is 0 Å². The molecule has 1 atom stereocenters. The van der Waals surface area contributed by atoms with Gasteiger partial charge in [0, 0.05) is 25.2 Å². The third-order valence-electron chi connectivity index (χ3n) is 2.61. The lowest BCUT2D eigenvalue weighted by molar-refractivity contribution is -0.389. The van der Waals surface area contributed by atoms with Crippen LogP contribution in [0, 0.1) is 10.1 Å². The maximum atomic E-state index is 11.8. The number of hydrogen-bond acceptors (Lipinski definition) is 4. The van der Waals surface area contributed by atoms with E-state index < -0.39 is 4.92 Å². The number of nitro groups is 1. The Bertz CT molecular complexity index is 428. The average Bonchev–Trinajstić information content (AvgIpc) is 2.84. The van der Waals surface area contributed by atoms with Gasteiger partial charge in [-0.25, -0.2) is 4.98 Å². The zero-order chi connectivity index (χ0) is 11.7. The number of hydrogen-bond donors (Lipinski definition) is 2. The van der Waals surface area contributed by atoms with E-state index in [0.717, 1.165) is 6.42 Å². The van der Waals surface area contributed by atoms with Gasteiger partial charge in [0.2, 0.25) is 0 Å². The second kappa shape index (κ2) is 3.93. The largest absolute Gasteiger partial charge is 0.358 e. The van der Waals surface area contributed by atoms with Gasteiger partial charge in [-0.15, -0.1) is 0 Å². The zero-order valence-corrected chi connectivity index (χ0v) is 8.55. The molecule has 1 aliphatic heterocycles. The first-order valence-electron chi connectivity index (χ1n) is 4.96. The van der Waals surface area contributed by atoms with Gasteiger partial charge in [-0.05, 0) is 17.4 Å². The standard InChI is InChI=1S/C9H12N4O3/c10-6-3-4-12(5-6)9(14)7-1-2-8(11-7)13(15)16/h1-2,6,11H,3-5,10H2/t6-/m0/s1. The Morgan fingerprint density at radius 2 is 2.38 bits per heavy atom. The predicted molar refractivity (Wildman–Crippen MR) is 55.9 cm³/mol. The zero-order valence-electron chi connectivity index (χ0n) is 8.55. The Hall–Kier alpha value is -1.89. The monoisotopic (exact) mass is 224 g/mol. The molecule has 2 rings (SSSR count). The minimum Gasteiger partial charge on any atom is -0.358 e. The molecular weight excluding hydrogens is 212 g/mol. The van der Waals surface area contributed by atoms with Crippen molar-refractivity contribution in [2.45, 2.75) is 12.5 Å². The van der Waals surface area contributed by atoms with E-state index in [9.17, 15) is 14.9 Å². The van der Waals surface area contributed by atoms with Crippen molar-refractivity contribution in [3.05, 3.63) is 27.9 Å². The molecule has 1 amide bonds. The summed E-state index contributed by atoms with van der Waals surface area (Å²) in [4.78, 5) is 25.8. The lowest BCUT2D eigenvalue weighted by atomic mass is 10.3. The lowest BCUT2D eigenvalue weighted by Gasteiger charge is -2.12. The minimum absolute atomic E-state index is 0.00824. The van der Waals surface area contributed by atoms with Gasteiger partial charge < -0.3 is 20.7 Å². The quantitative estimate of drug-likeness (QED) is 0.548. The van der Waals surface area contributed by atoms with Crippen LogP contribution in [0.3, 0.4) is 0 Å². The molecular formula is C9H12N4O3. The van der Waals surface area contributed by atoms with Crippen molar-refractivity contribution < 1.29 is 9.72 Å². The molecule has 16 heavy (non-hydrogen) atoms. The fraction of sp³-hybridized carbons (Fsp3) is 0.444. The van der Waals surface area contributed by atoms with Crippen LogP contribution in [0.25, 0.3) is 0 Å². The number of likely N-dealkylation sites (tertiary alicyclic amines) is 1. The maximum Gasteiger partial charge on any atom is 0.321 e. The lowest BCUT2D eigenvalue weighted by Crippen LogP contribution is -2.32. The molecule has 86 valence electrons. The molecule has 0 unspecified atom stereocenters. The summed E-state index contributed by atoms with van der Waals surface area (Å²) in [6, 6.07) is 2.71. The maximum absolute atomic E-state index is 11.8. The first-order valence-corrected chi connectivity index (χ1v) is 4.96. The first kappa shape index (κ1) is 10.6. The normalized spacial score (nSPS) is 20.1. The second-order valence-corrected chi connectivity index (χ2v) is 3.81. The fourth-order valence-electron chi connectivity index (χ4n) is 1.76. The molecule has 7 nitrogen and oxygen atoms in total. The van der Waals surface area contributed by atoms with Gasteiger partial charge in [-0.2, -0.15) is 0 Å². The van der Waals surface area contributed by atoms with Crippen LogP contribution in [0.1, 0.15) is 16.9 Å². The van der Waals surface area contributed by atoms with E-state index in [1.54, 1.807) is 4.90 Å². The number of carbonyl (C=O) groups is 1. The number of carbonyl (C=O) groups excluding carboxylic acids is 1. The van der Waals surface area contributed by atoms with Crippen LogP contribution in [0.2, 0.25) is 0 Å². The topological polar surface area (TPSA) is 105 Å². The van der Waals surface area contributed by atoms with Gasteiger partial charge >= 0.3 is 5.82 Å². The van der Waals surface area contributed by atoms with E-state index in [1.165, 1.54) is 12.1 Å². The molecule has 3 N–H and O–H groups in total. The van der Waals surface area contributed by atoms with Crippen LogP contribution < -0.4 is 5.73 Å². The van der Waals surface area contributed by atoms with Gasteiger partial charge in [0.05, 0.1) is 0 Å². The van der Waals surface area contributed by atoms with Crippen LogP contribution in [0.5, 0.6) is 0 Å². The van der Waals surface area contributed by atoms with Gasteiger partial charge in [-0.3, -0.25) is 4.79 Å². The van der Waals surface area contributed by atoms with Crippen molar-refractivity contribution in [1.29, 1.82) is 0 Å². The smallest absolute Gasteiger partial charge is 0.321 e. The molecule has 0 aromatic carbocycles. The van der Waals surface area contributed by atoms with Crippen LogP contribution >= 0.6 is 0 Å². The summed E-state index contributed by atoms with van der Waals surface area (Å²) in [5.74, 6) is -0.409. The number of nitrogens with one attached hydrogen (secondary N) is 1. The van der Waals surface area contributed by atoms with Crippen molar-refractivity contribution >= 4 is 11.7 Å². The Kier molecular flexibility index (Phi) is 2.61. The molecule has 0 radical (unpaired) electrons. The number of amides is 1. The van der Waals surface area contributed by atoms with E-state index >= 15 is 0 Å². The Morgan fingerprint density at radius 1 is 1.62 bits per heavy atom. The van der Waals surface area contributed by atoms with Gasteiger partial charge in [0.1, 0.15) is 0 Å². The number of nitrogens with two attached hydrogens (primary N) is 1. The van der Waals surface area contributed by atoms with E-state index in [1.807, 2.05) is 0 Å². The molecule has 7 heteroatoms. The number of nitrogens with zero attached hydrogens (tertiary/aromatic N) is 2. The molecule has 0 bridgehead atoms. The van der Waals surface area contributed by atoms with Crippen LogP contribution in [0.15, 0.2) is 12.1 Å². The van der Waals surface area contributed by atoms with E-state index in [0.29, 0.717) is 13.1 Å². The molecule has 0 saturated carbocycles. The highest BCUT2D eigenvalue weighted by Crippen LogP contribution is 2.15. The minimum atomic E-state index is -0.563.